The summed E-state index contributed by atoms with van der Waals surface area (Å²) in [6.07, 6.45) is 1.53. The van der Waals surface area contributed by atoms with Gasteiger partial charge in [-0.1, -0.05) is 6.92 Å². The van der Waals surface area contributed by atoms with Gasteiger partial charge in [-0.15, -0.1) is 0 Å². The molecule has 0 spiro atoms. The summed E-state index contributed by atoms with van der Waals surface area (Å²) < 4.78 is 0. The zero-order valence-electron chi connectivity index (χ0n) is 11.8. The third kappa shape index (κ3) is 3.29. The predicted octanol–water partition coefficient (Wildman–Crippen LogP) is 1.23. The molecular weight excluding hydrogens is 254 g/mol. The molecule has 1 saturated heterocycles. The number of amides is 2. The Labute approximate surface area is 119 Å². The van der Waals surface area contributed by atoms with Crippen molar-refractivity contribution in [3.8, 4) is 0 Å². The van der Waals surface area contributed by atoms with E-state index in [2.05, 4.69) is 4.90 Å². The van der Waals surface area contributed by atoms with Crippen LogP contribution in [0, 0.1) is 0 Å². The van der Waals surface area contributed by atoms with Crippen LogP contribution in [0.25, 0.3) is 0 Å². The Balaban J connectivity index is 1.93. The summed E-state index contributed by atoms with van der Waals surface area (Å²) in [5, 5.41) is 0. The number of rotatable bonds is 4. The minimum Gasteiger partial charge on any atom is -0.368 e. The Morgan fingerprint density at radius 1 is 1.10 bits per heavy atom. The van der Waals surface area contributed by atoms with Gasteiger partial charge in [0.05, 0.1) is 0 Å². The second-order valence-electron chi connectivity index (χ2n) is 5.03. The lowest BCUT2D eigenvalue weighted by Crippen LogP contribution is -2.48. The molecule has 0 saturated carbocycles. The highest BCUT2D eigenvalue weighted by molar-refractivity contribution is 5.93. The first-order valence-corrected chi connectivity index (χ1v) is 7.04. The van der Waals surface area contributed by atoms with E-state index in [1.165, 1.54) is 0 Å². The molecule has 0 bridgehead atoms. The van der Waals surface area contributed by atoms with Gasteiger partial charge in [-0.25, -0.2) is 0 Å². The highest BCUT2D eigenvalue weighted by Gasteiger charge is 2.20. The Kier molecular flexibility index (Phi) is 4.61. The number of hydrogen-bond donors (Lipinski definition) is 1. The average molecular weight is 275 g/mol. The van der Waals surface area contributed by atoms with Crippen LogP contribution in [0.15, 0.2) is 24.3 Å². The maximum Gasteiger partial charge on any atom is 0.248 e. The first-order valence-electron chi connectivity index (χ1n) is 7.04. The molecule has 1 fully saturated rings. The maximum absolute atomic E-state index is 11.8. The predicted molar refractivity (Wildman–Crippen MR) is 78.7 cm³/mol. The van der Waals surface area contributed by atoms with E-state index in [0.29, 0.717) is 12.0 Å². The largest absolute Gasteiger partial charge is 0.368 e. The van der Waals surface area contributed by atoms with Crippen LogP contribution in [0.3, 0.4) is 0 Å². The molecule has 0 atom stereocenters. The van der Waals surface area contributed by atoms with Crippen molar-refractivity contribution in [3.05, 3.63) is 29.8 Å². The van der Waals surface area contributed by atoms with Gasteiger partial charge in [0.1, 0.15) is 0 Å². The molecule has 1 aromatic rings. The zero-order valence-corrected chi connectivity index (χ0v) is 11.8. The van der Waals surface area contributed by atoms with Crippen LogP contribution in [0.4, 0.5) is 5.69 Å². The van der Waals surface area contributed by atoms with E-state index < -0.39 is 5.91 Å². The number of primary amides is 1. The fourth-order valence-corrected chi connectivity index (χ4v) is 2.42. The van der Waals surface area contributed by atoms with Crippen molar-refractivity contribution in [2.75, 3.05) is 31.1 Å². The van der Waals surface area contributed by atoms with Crippen LogP contribution in [0.1, 0.15) is 30.1 Å². The molecule has 0 radical (unpaired) electrons. The molecule has 2 rings (SSSR count). The number of anilines is 1. The van der Waals surface area contributed by atoms with Gasteiger partial charge < -0.3 is 15.5 Å². The molecule has 0 aliphatic carbocycles. The van der Waals surface area contributed by atoms with Crippen LogP contribution < -0.4 is 10.6 Å². The van der Waals surface area contributed by atoms with Crippen molar-refractivity contribution >= 4 is 17.5 Å². The maximum atomic E-state index is 11.8. The fraction of sp³-hybridized carbons (Fsp3) is 0.467. The SMILES string of the molecule is CCCC(=O)N1CCN(c2ccc(C(N)=O)cc2)CC1. The van der Waals surface area contributed by atoms with E-state index in [9.17, 15) is 9.59 Å². The monoisotopic (exact) mass is 275 g/mol. The lowest BCUT2D eigenvalue weighted by atomic mass is 10.1. The quantitative estimate of drug-likeness (QED) is 0.899. The summed E-state index contributed by atoms with van der Waals surface area (Å²) in [5.74, 6) is -0.164. The second kappa shape index (κ2) is 6.41. The van der Waals surface area contributed by atoms with E-state index >= 15 is 0 Å². The molecule has 2 N–H and O–H groups in total. The molecular formula is C15H21N3O2. The average Bonchev–Trinajstić information content (AvgIpc) is 2.48. The molecule has 1 aromatic carbocycles. The normalized spacial score (nSPS) is 15.2. The van der Waals surface area contributed by atoms with Gasteiger partial charge in [0.15, 0.2) is 0 Å². The van der Waals surface area contributed by atoms with Crippen LogP contribution in [0.5, 0.6) is 0 Å². The molecule has 1 heterocycles. The van der Waals surface area contributed by atoms with Crippen LogP contribution in [-0.4, -0.2) is 42.9 Å². The number of piperazine rings is 1. The molecule has 0 unspecified atom stereocenters. The van der Waals surface area contributed by atoms with E-state index in [-0.39, 0.29) is 5.91 Å². The summed E-state index contributed by atoms with van der Waals surface area (Å²) in [6.45, 7) is 5.19. The lowest BCUT2D eigenvalue weighted by molar-refractivity contribution is -0.131. The van der Waals surface area contributed by atoms with E-state index in [1.54, 1.807) is 12.1 Å². The van der Waals surface area contributed by atoms with Crippen molar-refractivity contribution in [3.63, 3.8) is 0 Å². The van der Waals surface area contributed by atoms with Gasteiger partial charge in [-0.05, 0) is 30.7 Å². The first kappa shape index (κ1) is 14.4. The summed E-state index contributed by atoms with van der Waals surface area (Å²) >= 11 is 0. The molecule has 1 aliphatic heterocycles. The highest BCUT2D eigenvalue weighted by atomic mass is 16.2. The molecule has 108 valence electrons. The Morgan fingerprint density at radius 2 is 1.70 bits per heavy atom. The third-order valence-electron chi connectivity index (χ3n) is 3.61. The van der Waals surface area contributed by atoms with Gasteiger partial charge in [0.25, 0.3) is 0 Å². The minimum atomic E-state index is -0.411. The van der Waals surface area contributed by atoms with Crippen LogP contribution in [0.2, 0.25) is 0 Å². The summed E-state index contributed by atoms with van der Waals surface area (Å²) in [6, 6.07) is 7.30. The van der Waals surface area contributed by atoms with Gasteiger partial charge in [0, 0.05) is 43.9 Å². The Hall–Kier alpha value is -2.04. The van der Waals surface area contributed by atoms with Crippen molar-refractivity contribution in [2.45, 2.75) is 19.8 Å². The third-order valence-corrected chi connectivity index (χ3v) is 3.61. The minimum absolute atomic E-state index is 0.247. The molecule has 5 heteroatoms. The van der Waals surface area contributed by atoms with Gasteiger partial charge >= 0.3 is 0 Å². The second-order valence-corrected chi connectivity index (χ2v) is 5.03. The smallest absolute Gasteiger partial charge is 0.248 e. The van der Waals surface area contributed by atoms with E-state index in [1.807, 2.05) is 24.0 Å². The number of nitrogens with zero attached hydrogens (tertiary/aromatic N) is 2. The summed E-state index contributed by atoms with van der Waals surface area (Å²) in [4.78, 5) is 27.0. The van der Waals surface area contributed by atoms with E-state index in [4.69, 9.17) is 5.73 Å². The summed E-state index contributed by atoms with van der Waals surface area (Å²) in [5.41, 5.74) is 6.81. The highest BCUT2D eigenvalue weighted by Crippen LogP contribution is 2.17. The Bertz CT molecular complexity index is 476. The molecule has 20 heavy (non-hydrogen) atoms. The fourth-order valence-electron chi connectivity index (χ4n) is 2.42. The van der Waals surface area contributed by atoms with E-state index in [0.717, 1.165) is 38.3 Å². The molecule has 1 aliphatic rings. The number of carbonyl (C=O) groups excluding carboxylic acids is 2. The molecule has 2 amide bonds. The van der Waals surface area contributed by atoms with Crippen LogP contribution >= 0.6 is 0 Å². The zero-order chi connectivity index (χ0) is 14.5. The molecule has 0 aromatic heterocycles. The van der Waals surface area contributed by atoms with Crippen molar-refractivity contribution in [1.82, 2.24) is 4.90 Å². The number of hydrogen-bond acceptors (Lipinski definition) is 3. The topological polar surface area (TPSA) is 66.6 Å². The number of carbonyl (C=O) groups is 2. The standard InChI is InChI=1S/C15H21N3O2/c1-2-3-14(19)18-10-8-17(9-11-18)13-6-4-12(5-7-13)15(16)20/h4-7H,2-3,8-11H2,1H3,(H2,16,20). The number of benzene rings is 1. The van der Waals surface area contributed by atoms with Crippen molar-refractivity contribution in [1.29, 1.82) is 0 Å². The van der Waals surface area contributed by atoms with Gasteiger partial charge in [-0.2, -0.15) is 0 Å². The molecule has 5 nitrogen and oxygen atoms in total. The lowest BCUT2D eigenvalue weighted by Gasteiger charge is -2.36. The Morgan fingerprint density at radius 3 is 2.20 bits per heavy atom. The summed E-state index contributed by atoms with van der Waals surface area (Å²) in [7, 11) is 0. The van der Waals surface area contributed by atoms with Gasteiger partial charge in [0.2, 0.25) is 11.8 Å². The van der Waals surface area contributed by atoms with Crippen molar-refractivity contribution < 1.29 is 9.59 Å². The van der Waals surface area contributed by atoms with Crippen LogP contribution in [-0.2, 0) is 4.79 Å². The van der Waals surface area contributed by atoms with Crippen molar-refractivity contribution in [2.24, 2.45) is 5.73 Å². The first-order chi connectivity index (χ1) is 9.61. The van der Waals surface area contributed by atoms with Gasteiger partial charge in [-0.3, -0.25) is 9.59 Å². The number of nitrogens with two attached hydrogens (primary N) is 1.